The van der Waals surface area contributed by atoms with Gasteiger partial charge in [-0.3, -0.25) is 0 Å². The van der Waals surface area contributed by atoms with Crippen LogP contribution in [0, 0.1) is 9.81 Å². The van der Waals surface area contributed by atoms with Gasteiger partial charge in [-0.2, -0.15) is 0 Å². The van der Waals surface area contributed by atoms with Crippen molar-refractivity contribution in [1.29, 1.82) is 0 Å². The largest absolute Gasteiger partial charge is 0.345 e. The molecule has 9 heteroatoms. The van der Waals surface area contributed by atoms with Crippen molar-refractivity contribution in [3.8, 4) is 0 Å². The number of allylic oxidation sites excluding steroid dienone is 6. The molecule has 0 aliphatic carbocycles. The van der Waals surface area contributed by atoms with Crippen LogP contribution in [0.2, 0.25) is 0 Å². The van der Waals surface area contributed by atoms with Gasteiger partial charge in [0.15, 0.2) is 0 Å². The highest BCUT2D eigenvalue weighted by molar-refractivity contribution is 7.99. The molecule has 0 N–H and O–H groups in total. The first-order chi connectivity index (χ1) is 10.3. The maximum absolute atomic E-state index is 10.1. The van der Waals surface area contributed by atoms with E-state index in [2.05, 4.69) is 10.4 Å². The average molecular weight is 375 g/mol. The van der Waals surface area contributed by atoms with Crippen LogP contribution in [-0.4, -0.2) is 21.6 Å². The molecule has 2 aliphatic rings. The van der Waals surface area contributed by atoms with E-state index in [9.17, 15) is 9.81 Å². The van der Waals surface area contributed by atoms with E-state index < -0.39 is 0 Å². The van der Waals surface area contributed by atoms with Crippen molar-refractivity contribution in [2.75, 3.05) is 11.8 Å². The molecule has 2 heterocycles. The lowest BCUT2D eigenvalue weighted by atomic mass is 10.2. The van der Waals surface area contributed by atoms with Gasteiger partial charge in [-0.05, 0) is 45.8 Å². The van der Waals surface area contributed by atoms with E-state index in [0.717, 1.165) is 22.9 Å². The summed E-state index contributed by atoms with van der Waals surface area (Å²) in [7, 11) is 0. The minimum atomic E-state index is 0. The highest BCUT2D eigenvalue weighted by Gasteiger charge is 2.04. The number of thioether (sulfide) groups is 1. The van der Waals surface area contributed by atoms with Crippen LogP contribution in [0.4, 0.5) is 0 Å². The number of halogens is 2. The molecular formula is C14H16Cl2N4O2S. The molecule has 0 spiro atoms. The molecule has 0 atom stereocenters. The Labute approximate surface area is 151 Å². The van der Waals surface area contributed by atoms with Crippen molar-refractivity contribution < 1.29 is 0 Å². The van der Waals surface area contributed by atoms with Gasteiger partial charge in [0.25, 0.3) is 0 Å². The number of rotatable bonds is 6. The van der Waals surface area contributed by atoms with Crippen LogP contribution in [0.15, 0.2) is 83.0 Å². The fourth-order valence-electron chi connectivity index (χ4n) is 1.66. The van der Waals surface area contributed by atoms with Crippen molar-refractivity contribution in [3.63, 3.8) is 0 Å². The van der Waals surface area contributed by atoms with E-state index in [1.165, 1.54) is 12.4 Å². The molecule has 0 saturated carbocycles. The molecule has 2 rings (SSSR count). The Morgan fingerprint density at radius 2 is 1.13 bits per heavy atom. The van der Waals surface area contributed by atoms with Gasteiger partial charge >= 0.3 is 0 Å². The van der Waals surface area contributed by atoms with Gasteiger partial charge in [-0.1, -0.05) is 0 Å². The highest BCUT2D eigenvalue weighted by Crippen LogP contribution is 2.16. The zero-order valence-corrected chi connectivity index (χ0v) is 14.5. The van der Waals surface area contributed by atoms with Gasteiger partial charge in [0.05, 0.1) is 24.2 Å². The SMILES string of the molecule is Cl.Cl.O=NC=C1C=CN(CSCN2C=CC(=CN=O)C=C2)C=C1. The lowest BCUT2D eigenvalue weighted by Crippen LogP contribution is -2.16. The van der Waals surface area contributed by atoms with Crippen molar-refractivity contribution >= 4 is 36.6 Å². The molecule has 0 saturated heterocycles. The monoisotopic (exact) mass is 374 g/mol. The Bertz CT molecular complexity index is 503. The molecule has 6 nitrogen and oxygen atoms in total. The lowest BCUT2D eigenvalue weighted by molar-refractivity contribution is 0.575. The van der Waals surface area contributed by atoms with E-state index in [0.29, 0.717) is 0 Å². The van der Waals surface area contributed by atoms with Crippen molar-refractivity contribution in [2.45, 2.75) is 0 Å². The topological polar surface area (TPSA) is 65.3 Å². The van der Waals surface area contributed by atoms with E-state index >= 15 is 0 Å². The van der Waals surface area contributed by atoms with E-state index in [-0.39, 0.29) is 24.8 Å². The highest BCUT2D eigenvalue weighted by atomic mass is 35.5. The second kappa shape index (κ2) is 11.7. The molecule has 124 valence electrons. The van der Waals surface area contributed by atoms with Crippen molar-refractivity contribution in [2.24, 2.45) is 10.4 Å². The fourth-order valence-corrected chi connectivity index (χ4v) is 2.50. The molecule has 0 aromatic heterocycles. The van der Waals surface area contributed by atoms with Gasteiger partial charge in [0, 0.05) is 24.8 Å². The minimum Gasteiger partial charge on any atom is -0.345 e. The van der Waals surface area contributed by atoms with Crippen LogP contribution in [0.3, 0.4) is 0 Å². The molecule has 0 bridgehead atoms. The summed E-state index contributed by atoms with van der Waals surface area (Å²) in [5.41, 5.74) is 1.58. The summed E-state index contributed by atoms with van der Waals surface area (Å²) in [5, 5.41) is 5.47. The molecule has 2 aliphatic heterocycles. The van der Waals surface area contributed by atoms with Crippen molar-refractivity contribution in [1.82, 2.24) is 9.80 Å². The molecule has 0 unspecified atom stereocenters. The quantitative estimate of drug-likeness (QED) is 0.641. The summed E-state index contributed by atoms with van der Waals surface area (Å²) in [5.74, 6) is 1.59. The number of hydrogen-bond donors (Lipinski definition) is 0. The Kier molecular flexibility index (Phi) is 10.8. The average Bonchev–Trinajstić information content (AvgIpc) is 2.51. The van der Waals surface area contributed by atoms with Crippen LogP contribution in [0.1, 0.15) is 0 Å². The van der Waals surface area contributed by atoms with Crippen molar-refractivity contribution in [3.05, 3.63) is 82.5 Å². The van der Waals surface area contributed by atoms with Crippen LogP contribution >= 0.6 is 36.6 Å². The standard InChI is InChI=1S/C14H14N4O2S.2ClH/c19-15-9-13-1-5-17(6-2-13)11-21-12-18-7-3-14(4-8-18)10-16-20;;/h1-10H,11-12H2;2*1H. The van der Waals surface area contributed by atoms with Crippen LogP contribution in [-0.2, 0) is 0 Å². The predicted molar refractivity (Wildman–Crippen MR) is 99.8 cm³/mol. The van der Waals surface area contributed by atoms with Crippen LogP contribution in [0.5, 0.6) is 0 Å². The molecule has 0 radical (unpaired) electrons. The Morgan fingerprint density at radius 3 is 1.43 bits per heavy atom. The summed E-state index contributed by atoms with van der Waals surface area (Å²) in [6.07, 6.45) is 17.5. The van der Waals surface area contributed by atoms with Gasteiger partial charge in [-0.25, -0.2) is 0 Å². The van der Waals surface area contributed by atoms with E-state index in [4.69, 9.17) is 0 Å². The predicted octanol–water partition coefficient (Wildman–Crippen LogP) is 4.46. The summed E-state index contributed by atoms with van der Waals surface area (Å²) < 4.78 is 0. The van der Waals surface area contributed by atoms with Gasteiger partial charge in [0.1, 0.15) is 0 Å². The smallest absolute Gasteiger partial charge is 0.0788 e. The Morgan fingerprint density at radius 1 is 0.783 bits per heavy atom. The molecule has 0 aromatic carbocycles. The number of hydrogen-bond acceptors (Lipinski definition) is 7. The zero-order valence-electron chi connectivity index (χ0n) is 12.0. The minimum absolute atomic E-state index is 0. The fraction of sp³-hybridized carbons (Fsp3) is 0.143. The number of nitroso groups, excluding NO2 is 2. The summed E-state index contributed by atoms with van der Waals surface area (Å²) in [6.45, 7) is 0. The Balaban J connectivity index is 0.00000242. The first kappa shape index (κ1) is 21.2. The summed E-state index contributed by atoms with van der Waals surface area (Å²) in [6, 6.07) is 0. The molecule has 23 heavy (non-hydrogen) atoms. The summed E-state index contributed by atoms with van der Waals surface area (Å²) >= 11 is 1.73. The van der Waals surface area contributed by atoms with Gasteiger partial charge in [0.2, 0.25) is 0 Å². The van der Waals surface area contributed by atoms with E-state index in [1.54, 1.807) is 11.8 Å². The third kappa shape index (κ3) is 7.32. The third-order valence-corrected chi connectivity index (χ3v) is 3.68. The molecule has 0 aromatic rings. The van der Waals surface area contributed by atoms with Gasteiger partial charge < -0.3 is 9.80 Å². The number of nitrogens with zero attached hydrogens (tertiary/aromatic N) is 4. The van der Waals surface area contributed by atoms with Crippen LogP contribution in [0.25, 0.3) is 0 Å². The van der Waals surface area contributed by atoms with Crippen LogP contribution < -0.4 is 0 Å². The third-order valence-electron chi connectivity index (χ3n) is 2.72. The molecular weight excluding hydrogens is 359 g/mol. The first-order valence-electron chi connectivity index (χ1n) is 6.19. The second-order valence-electron chi connectivity index (χ2n) is 4.22. The zero-order chi connectivity index (χ0) is 14.9. The Hall–Kier alpha value is -1.83. The van der Waals surface area contributed by atoms with E-state index in [1.807, 2.05) is 58.9 Å². The summed E-state index contributed by atoms with van der Waals surface area (Å²) in [4.78, 5) is 24.3. The first-order valence-corrected chi connectivity index (χ1v) is 7.34. The lowest BCUT2D eigenvalue weighted by Gasteiger charge is -2.21. The second-order valence-corrected chi connectivity index (χ2v) is 5.15. The maximum Gasteiger partial charge on any atom is 0.0788 e. The normalized spacial score (nSPS) is 15.0. The molecule has 0 amide bonds. The molecule has 0 fully saturated rings. The van der Waals surface area contributed by atoms with Gasteiger partial charge in [-0.15, -0.1) is 46.4 Å². The maximum atomic E-state index is 10.1.